The summed E-state index contributed by atoms with van der Waals surface area (Å²) in [6.45, 7) is 1.68. The smallest absolute Gasteiger partial charge is 0.287 e. The lowest BCUT2D eigenvalue weighted by Crippen LogP contribution is -2.49. The lowest BCUT2D eigenvalue weighted by molar-refractivity contribution is -0.127. The van der Waals surface area contributed by atoms with Gasteiger partial charge in [0.05, 0.1) is 19.1 Å². The molecule has 1 aliphatic rings. The maximum absolute atomic E-state index is 13.7. The summed E-state index contributed by atoms with van der Waals surface area (Å²) >= 11 is 0. The zero-order valence-electron chi connectivity index (χ0n) is 19.9. The van der Waals surface area contributed by atoms with Gasteiger partial charge in [0.25, 0.3) is 11.8 Å². The predicted octanol–water partition coefficient (Wildman–Crippen LogP) is 4.39. The Balaban J connectivity index is 1.66. The number of nitrogens with one attached hydrogen (secondary N) is 2. The number of amides is 3. The monoisotopic (exact) mass is 477 g/mol. The average Bonchev–Trinajstić information content (AvgIpc) is 3.61. The molecule has 3 aromatic rings. The van der Waals surface area contributed by atoms with E-state index in [0.717, 1.165) is 37.7 Å². The van der Waals surface area contributed by atoms with Crippen LogP contribution in [0.2, 0.25) is 0 Å². The van der Waals surface area contributed by atoms with Gasteiger partial charge in [0.2, 0.25) is 5.91 Å². The Morgan fingerprint density at radius 3 is 2.40 bits per heavy atom. The maximum atomic E-state index is 13.7. The number of carbonyl (C=O) groups is 3. The lowest BCUT2D eigenvalue weighted by atomic mass is 9.95. The molecule has 3 amide bonds. The first-order chi connectivity index (χ1) is 17.1. The first-order valence-corrected chi connectivity index (χ1v) is 12.1. The van der Waals surface area contributed by atoms with Crippen molar-refractivity contribution in [3.63, 3.8) is 0 Å². The fraction of sp³-hybridized carbons (Fsp3) is 0.370. The van der Waals surface area contributed by atoms with E-state index in [1.807, 2.05) is 31.2 Å². The van der Waals surface area contributed by atoms with E-state index in [1.54, 1.807) is 18.2 Å². The Bertz CT molecular complexity index is 1120. The van der Waals surface area contributed by atoms with Crippen LogP contribution in [-0.4, -0.2) is 30.3 Å². The predicted molar refractivity (Wildman–Crippen MR) is 131 cm³/mol. The summed E-state index contributed by atoms with van der Waals surface area (Å²) < 4.78 is 10.8. The highest BCUT2D eigenvalue weighted by Gasteiger charge is 2.36. The van der Waals surface area contributed by atoms with E-state index in [9.17, 15) is 14.4 Å². The molecule has 1 atom stereocenters. The second kappa shape index (κ2) is 11.6. The molecule has 2 N–H and O–H groups in total. The molecule has 8 nitrogen and oxygen atoms in total. The number of hydrogen-bond donors (Lipinski definition) is 2. The van der Waals surface area contributed by atoms with Crippen LogP contribution in [0.5, 0.6) is 0 Å². The van der Waals surface area contributed by atoms with Crippen LogP contribution in [0.25, 0.3) is 0 Å². The van der Waals surface area contributed by atoms with Gasteiger partial charge < -0.3 is 19.5 Å². The summed E-state index contributed by atoms with van der Waals surface area (Å²) in [4.78, 5) is 41.2. The molecule has 4 rings (SSSR count). The minimum absolute atomic E-state index is 0.0609. The number of nitrogens with zero attached hydrogens (tertiary/aromatic N) is 1. The molecule has 2 heterocycles. The number of aryl methyl sites for hydroxylation is 1. The van der Waals surface area contributed by atoms with Gasteiger partial charge in [0, 0.05) is 11.7 Å². The number of rotatable bonds is 9. The van der Waals surface area contributed by atoms with E-state index < -0.39 is 17.9 Å². The summed E-state index contributed by atoms with van der Waals surface area (Å²) in [7, 11) is 0. The number of hydrogen-bond acceptors (Lipinski definition) is 5. The Kier molecular flexibility index (Phi) is 8.03. The molecule has 1 aliphatic carbocycles. The molecule has 0 bridgehead atoms. The molecule has 184 valence electrons. The Morgan fingerprint density at radius 2 is 1.71 bits per heavy atom. The van der Waals surface area contributed by atoms with Gasteiger partial charge in [-0.2, -0.15) is 0 Å². The van der Waals surface area contributed by atoms with E-state index in [1.165, 1.54) is 23.5 Å². The second-order valence-corrected chi connectivity index (χ2v) is 8.67. The summed E-state index contributed by atoms with van der Waals surface area (Å²) in [5.74, 6) is -0.784. The Hall–Kier alpha value is -3.81. The first-order valence-electron chi connectivity index (χ1n) is 12.1. The molecule has 1 saturated carbocycles. The number of carbonyl (C=O) groups excluding carboxylic acids is 3. The van der Waals surface area contributed by atoms with Crippen molar-refractivity contribution in [1.82, 2.24) is 10.6 Å². The van der Waals surface area contributed by atoms with Crippen LogP contribution >= 0.6 is 0 Å². The van der Waals surface area contributed by atoms with Crippen LogP contribution in [-0.2, 0) is 16.0 Å². The molecular formula is C27H31N3O5. The van der Waals surface area contributed by atoms with Crippen molar-refractivity contribution in [2.75, 3.05) is 11.4 Å². The minimum atomic E-state index is -1.02. The SMILES string of the molecule is CCc1ccccc1N(C(=O)CNC(=O)c1ccco1)[C@H](C(=O)NC1CCCCC1)c1ccco1. The van der Waals surface area contributed by atoms with Crippen molar-refractivity contribution in [3.05, 3.63) is 78.1 Å². The van der Waals surface area contributed by atoms with Crippen molar-refractivity contribution >= 4 is 23.4 Å². The van der Waals surface area contributed by atoms with Crippen LogP contribution in [0.15, 0.2) is 69.9 Å². The summed E-state index contributed by atoms with van der Waals surface area (Å²) in [5, 5.41) is 5.75. The normalized spacial score (nSPS) is 14.8. The molecule has 0 spiro atoms. The van der Waals surface area contributed by atoms with Gasteiger partial charge in [-0.25, -0.2) is 0 Å². The number of anilines is 1. The van der Waals surface area contributed by atoms with Crippen molar-refractivity contribution < 1.29 is 23.2 Å². The zero-order chi connectivity index (χ0) is 24.6. The lowest BCUT2D eigenvalue weighted by Gasteiger charge is -2.33. The molecule has 0 saturated heterocycles. The average molecular weight is 478 g/mol. The number of para-hydroxylation sites is 1. The van der Waals surface area contributed by atoms with Gasteiger partial charge in [-0.1, -0.05) is 44.4 Å². The number of furan rings is 2. The van der Waals surface area contributed by atoms with E-state index in [4.69, 9.17) is 8.83 Å². The maximum Gasteiger partial charge on any atom is 0.287 e. The van der Waals surface area contributed by atoms with E-state index >= 15 is 0 Å². The van der Waals surface area contributed by atoms with Crippen LogP contribution in [0.3, 0.4) is 0 Å². The van der Waals surface area contributed by atoms with Crippen LogP contribution in [0.4, 0.5) is 5.69 Å². The molecule has 2 aromatic heterocycles. The summed E-state index contributed by atoms with van der Waals surface area (Å²) in [6.07, 6.45) is 8.66. The topological polar surface area (TPSA) is 105 Å². The first kappa shape index (κ1) is 24.3. The Labute approximate surface area is 204 Å². The van der Waals surface area contributed by atoms with Crippen molar-refractivity contribution in [1.29, 1.82) is 0 Å². The molecule has 0 aliphatic heterocycles. The van der Waals surface area contributed by atoms with E-state index in [-0.39, 0.29) is 24.3 Å². The quantitative estimate of drug-likeness (QED) is 0.476. The third kappa shape index (κ3) is 5.82. The number of benzene rings is 1. The molecule has 1 aromatic carbocycles. The Morgan fingerprint density at radius 1 is 0.971 bits per heavy atom. The standard InChI is InChI=1S/C27H31N3O5/c1-2-19-10-6-7-13-21(19)30(24(31)18-28-26(32)23-15-9-17-35-23)25(22-14-8-16-34-22)27(33)29-20-11-4-3-5-12-20/h6-10,13-17,20,25H,2-5,11-12,18H2,1H3,(H,28,32)(H,29,33)/t25-/m0/s1. The van der Waals surface area contributed by atoms with Crippen LogP contribution < -0.4 is 15.5 Å². The van der Waals surface area contributed by atoms with Crippen molar-refractivity contribution in [3.8, 4) is 0 Å². The van der Waals surface area contributed by atoms with Crippen LogP contribution in [0.1, 0.15) is 66.9 Å². The van der Waals surface area contributed by atoms with Crippen molar-refractivity contribution in [2.45, 2.75) is 57.5 Å². The minimum Gasteiger partial charge on any atom is -0.467 e. The second-order valence-electron chi connectivity index (χ2n) is 8.67. The molecule has 8 heteroatoms. The molecule has 1 fully saturated rings. The van der Waals surface area contributed by atoms with Gasteiger partial charge in [-0.3, -0.25) is 19.3 Å². The van der Waals surface area contributed by atoms with Gasteiger partial charge in [0.1, 0.15) is 5.76 Å². The summed E-state index contributed by atoms with van der Waals surface area (Å²) in [5.41, 5.74) is 1.51. The van der Waals surface area contributed by atoms with Gasteiger partial charge >= 0.3 is 0 Å². The van der Waals surface area contributed by atoms with E-state index in [0.29, 0.717) is 17.9 Å². The highest BCUT2D eigenvalue weighted by atomic mass is 16.3. The van der Waals surface area contributed by atoms with Gasteiger partial charge in [-0.15, -0.1) is 0 Å². The molecular weight excluding hydrogens is 446 g/mol. The van der Waals surface area contributed by atoms with E-state index in [2.05, 4.69) is 10.6 Å². The third-order valence-corrected chi connectivity index (χ3v) is 6.32. The molecule has 35 heavy (non-hydrogen) atoms. The molecule has 0 unspecified atom stereocenters. The van der Waals surface area contributed by atoms with Crippen LogP contribution in [0, 0.1) is 0 Å². The fourth-order valence-corrected chi connectivity index (χ4v) is 4.55. The van der Waals surface area contributed by atoms with Gasteiger partial charge in [-0.05, 0) is 55.2 Å². The summed E-state index contributed by atoms with van der Waals surface area (Å²) in [6, 6.07) is 13.0. The third-order valence-electron chi connectivity index (χ3n) is 6.32. The largest absolute Gasteiger partial charge is 0.467 e. The van der Waals surface area contributed by atoms with Crippen molar-refractivity contribution in [2.24, 2.45) is 0 Å². The zero-order valence-corrected chi connectivity index (χ0v) is 19.9. The highest BCUT2D eigenvalue weighted by Crippen LogP contribution is 2.32. The fourth-order valence-electron chi connectivity index (χ4n) is 4.55. The molecule has 0 radical (unpaired) electrons. The van der Waals surface area contributed by atoms with Gasteiger partial charge in [0.15, 0.2) is 11.8 Å². The highest BCUT2D eigenvalue weighted by molar-refractivity contribution is 6.04.